The molecule has 0 spiro atoms. The van der Waals surface area contributed by atoms with E-state index in [1.165, 1.54) is 12.1 Å². The molecule has 0 saturated carbocycles. The maximum Gasteiger partial charge on any atom is 0.417 e. The lowest BCUT2D eigenvalue weighted by Crippen LogP contribution is -2.33. The van der Waals surface area contributed by atoms with E-state index < -0.39 is 11.7 Å². The Morgan fingerprint density at radius 1 is 1.08 bits per heavy atom. The Bertz CT molecular complexity index is 753. The summed E-state index contributed by atoms with van der Waals surface area (Å²) in [5, 5.41) is 3.09. The molecule has 0 bridgehead atoms. The molecular formula is C20H22ClF3N2. The molecule has 1 fully saturated rings. The van der Waals surface area contributed by atoms with Crippen LogP contribution in [0.25, 0.3) is 0 Å². The van der Waals surface area contributed by atoms with Gasteiger partial charge in [0.05, 0.1) is 16.6 Å². The van der Waals surface area contributed by atoms with Crippen molar-refractivity contribution in [2.75, 3.05) is 26.2 Å². The normalized spacial score (nSPS) is 17.7. The monoisotopic (exact) mass is 382 g/mol. The van der Waals surface area contributed by atoms with Crippen molar-refractivity contribution in [3.05, 3.63) is 69.7 Å². The van der Waals surface area contributed by atoms with Crippen molar-refractivity contribution in [3.63, 3.8) is 0 Å². The summed E-state index contributed by atoms with van der Waals surface area (Å²) in [6.07, 6.45) is -3.51. The van der Waals surface area contributed by atoms with Crippen molar-refractivity contribution in [2.24, 2.45) is 0 Å². The fourth-order valence-electron chi connectivity index (χ4n) is 3.54. The van der Waals surface area contributed by atoms with Crippen molar-refractivity contribution in [3.8, 4) is 0 Å². The van der Waals surface area contributed by atoms with Crippen LogP contribution in [0.1, 0.15) is 34.7 Å². The van der Waals surface area contributed by atoms with Gasteiger partial charge in [0.15, 0.2) is 0 Å². The van der Waals surface area contributed by atoms with Gasteiger partial charge in [0, 0.05) is 19.6 Å². The van der Waals surface area contributed by atoms with Crippen LogP contribution < -0.4 is 5.32 Å². The van der Waals surface area contributed by atoms with E-state index in [0.717, 1.165) is 43.7 Å². The van der Waals surface area contributed by atoms with Crippen LogP contribution in [0.3, 0.4) is 0 Å². The third kappa shape index (κ3) is 4.22. The fraction of sp³-hybridized carbons (Fsp3) is 0.400. The second kappa shape index (κ2) is 7.99. The Hall–Kier alpha value is -1.56. The molecule has 2 nitrogen and oxygen atoms in total. The van der Waals surface area contributed by atoms with Crippen LogP contribution in [0.5, 0.6) is 0 Å². The lowest BCUT2D eigenvalue weighted by molar-refractivity contribution is -0.137. The third-order valence-electron chi connectivity index (χ3n) is 4.83. The highest BCUT2D eigenvalue weighted by Crippen LogP contribution is 2.39. The van der Waals surface area contributed by atoms with Gasteiger partial charge in [-0.25, -0.2) is 0 Å². The molecule has 1 aliphatic rings. The number of nitrogens with one attached hydrogen (secondary N) is 1. The average molecular weight is 383 g/mol. The van der Waals surface area contributed by atoms with E-state index in [1.807, 2.05) is 31.2 Å². The molecule has 2 aromatic carbocycles. The highest BCUT2D eigenvalue weighted by Gasteiger charge is 2.35. The van der Waals surface area contributed by atoms with Gasteiger partial charge < -0.3 is 5.32 Å². The SMILES string of the molecule is Cc1ccccc1C(c1ccc(Cl)c(C(F)(F)F)c1)N1CCCNCC1. The van der Waals surface area contributed by atoms with E-state index in [9.17, 15) is 13.2 Å². The highest BCUT2D eigenvalue weighted by molar-refractivity contribution is 6.31. The summed E-state index contributed by atoms with van der Waals surface area (Å²) in [6.45, 7) is 5.35. The minimum Gasteiger partial charge on any atom is -0.315 e. The number of nitrogens with zero attached hydrogens (tertiary/aromatic N) is 1. The van der Waals surface area contributed by atoms with Crippen LogP contribution in [0.2, 0.25) is 5.02 Å². The Kier molecular flexibility index (Phi) is 5.90. The third-order valence-corrected chi connectivity index (χ3v) is 5.16. The molecule has 1 unspecified atom stereocenters. The first-order valence-corrected chi connectivity index (χ1v) is 9.12. The van der Waals surface area contributed by atoms with Gasteiger partial charge >= 0.3 is 6.18 Å². The van der Waals surface area contributed by atoms with E-state index in [4.69, 9.17) is 11.6 Å². The standard InChI is InChI=1S/C20H22ClF3N2/c1-14-5-2-3-6-16(14)19(26-11-4-9-25-10-12-26)15-7-8-18(21)17(13-15)20(22,23)24/h2-3,5-8,13,19,25H,4,9-12H2,1H3. The topological polar surface area (TPSA) is 15.3 Å². The van der Waals surface area contributed by atoms with Gasteiger partial charge in [-0.05, 0) is 48.7 Å². The van der Waals surface area contributed by atoms with Gasteiger partial charge in [0.2, 0.25) is 0 Å². The molecule has 0 radical (unpaired) electrons. The molecule has 1 N–H and O–H groups in total. The van der Waals surface area contributed by atoms with Crippen molar-refractivity contribution < 1.29 is 13.2 Å². The molecule has 0 amide bonds. The molecular weight excluding hydrogens is 361 g/mol. The summed E-state index contributed by atoms with van der Waals surface area (Å²) in [5.41, 5.74) is 1.95. The zero-order valence-corrected chi connectivity index (χ0v) is 15.4. The van der Waals surface area contributed by atoms with Gasteiger partial charge in [-0.1, -0.05) is 41.9 Å². The fourth-order valence-corrected chi connectivity index (χ4v) is 3.76. The smallest absolute Gasteiger partial charge is 0.315 e. The minimum absolute atomic E-state index is 0.227. The van der Waals surface area contributed by atoms with Gasteiger partial charge in [-0.2, -0.15) is 13.2 Å². The summed E-state index contributed by atoms with van der Waals surface area (Å²) < 4.78 is 40.1. The van der Waals surface area contributed by atoms with Gasteiger partial charge in [-0.15, -0.1) is 0 Å². The highest BCUT2D eigenvalue weighted by atomic mass is 35.5. The number of rotatable bonds is 3. The summed E-state index contributed by atoms with van der Waals surface area (Å²) in [6, 6.07) is 11.9. The second-order valence-corrected chi connectivity index (χ2v) is 7.04. The molecule has 2 aromatic rings. The maximum absolute atomic E-state index is 13.4. The quantitative estimate of drug-likeness (QED) is 0.798. The molecule has 1 heterocycles. The predicted octanol–water partition coefficient (Wildman–Crippen LogP) is 5.05. The largest absolute Gasteiger partial charge is 0.417 e. The molecule has 3 rings (SSSR count). The van der Waals surface area contributed by atoms with Crippen molar-refractivity contribution in [1.82, 2.24) is 10.2 Å². The molecule has 0 aromatic heterocycles. The van der Waals surface area contributed by atoms with Crippen molar-refractivity contribution >= 4 is 11.6 Å². The van der Waals surface area contributed by atoms with E-state index in [-0.39, 0.29) is 11.1 Å². The van der Waals surface area contributed by atoms with E-state index in [1.54, 1.807) is 6.07 Å². The first kappa shape index (κ1) is 19.2. The molecule has 26 heavy (non-hydrogen) atoms. The molecule has 0 aliphatic carbocycles. The van der Waals surface area contributed by atoms with E-state index in [2.05, 4.69) is 10.2 Å². The number of benzene rings is 2. The molecule has 6 heteroatoms. The number of hydrogen-bond donors (Lipinski definition) is 1. The zero-order chi connectivity index (χ0) is 18.7. The molecule has 1 saturated heterocycles. The summed E-state index contributed by atoms with van der Waals surface area (Å²) >= 11 is 5.83. The molecule has 1 aliphatic heterocycles. The number of alkyl halides is 3. The number of halogens is 4. The Morgan fingerprint density at radius 3 is 2.58 bits per heavy atom. The van der Waals surface area contributed by atoms with E-state index in [0.29, 0.717) is 5.56 Å². The van der Waals surface area contributed by atoms with Gasteiger partial charge in [-0.3, -0.25) is 4.90 Å². The number of hydrogen-bond acceptors (Lipinski definition) is 2. The first-order valence-electron chi connectivity index (χ1n) is 8.75. The summed E-state index contributed by atoms with van der Waals surface area (Å²) in [5.74, 6) is 0. The van der Waals surface area contributed by atoms with Crippen LogP contribution >= 0.6 is 11.6 Å². The van der Waals surface area contributed by atoms with Gasteiger partial charge in [0.25, 0.3) is 0 Å². The lowest BCUT2D eigenvalue weighted by atomic mass is 9.92. The van der Waals surface area contributed by atoms with E-state index >= 15 is 0 Å². The molecule has 140 valence electrons. The van der Waals surface area contributed by atoms with Crippen LogP contribution in [0, 0.1) is 6.92 Å². The van der Waals surface area contributed by atoms with Crippen LogP contribution in [0.4, 0.5) is 13.2 Å². The Balaban J connectivity index is 2.10. The van der Waals surface area contributed by atoms with Crippen LogP contribution in [-0.2, 0) is 6.18 Å². The lowest BCUT2D eigenvalue weighted by Gasteiger charge is -2.32. The minimum atomic E-state index is -4.47. The second-order valence-electron chi connectivity index (χ2n) is 6.64. The zero-order valence-electron chi connectivity index (χ0n) is 14.6. The Morgan fingerprint density at radius 2 is 1.85 bits per heavy atom. The summed E-state index contributed by atoms with van der Waals surface area (Å²) in [4.78, 5) is 2.26. The van der Waals surface area contributed by atoms with Crippen LogP contribution in [-0.4, -0.2) is 31.1 Å². The molecule has 1 atom stereocenters. The first-order chi connectivity index (χ1) is 12.4. The van der Waals surface area contributed by atoms with Crippen molar-refractivity contribution in [2.45, 2.75) is 25.6 Å². The van der Waals surface area contributed by atoms with Gasteiger partial charge in [0.1, 0.15) is 0 Å². The van der Waals surface area contributed by atoms with Crippen LogP contribution in [0.15, 0.2) is 42.5 Å². The predicted molar refractivity (Wildman–Crippen MR) is 98.5 cm³/mol. The Labute approximate surface area is 157 Å². The average Bonchev–Trinajstić information content (AvgIpc) is 2.86. The van der Waals surface area contributed by atoms with Crippen molar-refractivity contribution in [1.29, 1.82) is 0 Å². The number of aryl methyl sites for hydroxylation is 1. The summed E-state index contributed by atoms with van der Waals surface area (Å²) in [7, 11) is 0. The maximum atomic E-state index is 13.4.